The van der Waals surface area contributed by atoms with Crippen LogP contribution in [0.1, 0.15) is 5.56 Å². The molecule has 18 heavy (non-hydrogen) atoms. The van der Waals surface area contributed by atoms with E-state index in [0.29, 0.717) is 0 Å². The van der Waals surface area contributed by atoms with Gasteiger partial charge in [-0.2, -0.15) is 13.2 Å². The van der Waals surface area contributed by atoms with Gasteiger partial charge in [-0.15, -0.1) is 11.6 Å². The van der Waals surface area contributed by atoms with Gasteiger partial charge in [-0.3, -0.25) is 15.4 Å². The Labute approximate surface area is 104 Å². The molecule has 0 aliphatic carbocycles. The number of hydrogen-bond donors (Lipinski definition) is 2. The second-order valence-corrected chi connectivity index (χ2v) is 3.30. The summed E-state index contributed by atoms with van der Waals surface area (Å²) in [4.78, 5) is 25.3. The molecule has 98 valence electrons. The van der Waals surface area contributed by atoms with Gasteiger partial charge in [0.05, 0.1) is 5.56 Å². The Morgan fingerprint density at radius 3 is 2.61 bits per heavy atom. The lowest BCUT2D eigenvalue weighted by Crippen LogP contribution is -2.35. The van der Waals surface area contributed by atoms with Crippen molar-refractivity contribution >= 4 is 29.4 Å². The third-order valence-electron chi connectivity index (χ3n) is 1.72. The first-order valence-electron chi connectivity index (χ1n) is 4.53. The van der Waals surface area contributed by atoms with Gasteiger partial charge in [0, 0.05) is 6.20 Å². The summed E-state index contributed by atoms with van der Waals surface area (Å²) in [6, 6.07) is 0.701. The van der Waals surface area contributed by atoms with Crippen LogP contribution in [0.25, 0.3) is 0 Å². The van der Waals surface area contributed by atoms with Crippen molar-refractivity contribution in [1.29, 1.82) is 0 Å². The summed E-state index contributed by atoms with van der Waals surface area (Å²) in [6.07, 6.45) is -3.58. The van der Waals surface area contributed by atoms with Crippen LogP contribution in [0.3, 0.4) is 0 Å². The van der Waals surface area contributed by atoms with Gasteiger partial charge in [0.15, 0.2) is 0 Å². The first-order valence-corrected chi connectivity index (χ1v) is 5.07. The molecule has 1 rings (SSSR count). The highest BCUT2D eigenvalue weighted by Crippen LogP contribution is 2.33. The number of hydrogen-bond acceptors (Lipinski definition) is 3. The van der Waals surface area contributed by atoms with Crippen molar-refractivity contribution in [2.75, 3.05) is 11.2 Å². The highest BCUT2D eigenvalue weighted by molar-refractivity contribution is 6.28. The molecule has 0 aliphatic heterocycles. The molecule has 0 saturated carbocycles. The molecule has 0 saturated heterocycles. The minimum atomic E-state index is -4.66. The monoisotopic (exact) mass is 281 g/mol. The van der Waals surface area contributed by atoms with Crippen molar-refractivity contribution in [3.05, 3.63) is 23.9 Å². The second kappa shape index (κ2) is 5.67. The molecular formula is C9H7ClF3N3O2. The van der Waals surface area contributed by atoms with E-state index in [-0.39, 0.29) is 0 Å². The predicted octanol–water partition coefficient (Wildman–Crippen LogP) is 1.99. The minimum Gasteiger partial charge on any atom is -0.291 e. The third-order valence-corrected chi connectivity index (χ3v) is 1.96. The van der Waals surface area contributed by atoms with Crippen molar-refractivity contribution in [1.82, 2.24) is 10.3 Å². The average Bonchev–Trinajstić information content (AvgIpc) is 2.27. The Hall–Kier alpha value is -1.83. The van der Waals surface area contributed by atoms with E-state index < -0.39 is 35.4 Å². The second-order valence-electron chi connectivity index (χ2n) is 3.03. The minimum absolute atomic E-state index is 0.484. The van der Waals surface area contributed by atoms with Crippen molar-refractivity contribution in [3.8, 4) is 0 Å². The molecule has 1 aromatic heterocycles. The molecule has 0 fully saturated rings. The van der Waals surface area contributed by atoms with E-state index in [0.717, 1.165) is 18.3 Å². The number of imide groups is 1. The van der Waals surface area contributed by atoms with E-state index in [1.54, 1.807) is 5.32 Å². The van der Waals surface area contributed by atoms with Crippen LogP contribution in [-0.2, 0) is 11.0 Å². The SMILES string of the molecule is O=C(CCl)NC(=O)Nc1ncccc1C(F)(F)F. The van der Waals surface area contributed by atoms with Crippen LogP contribution in [0.5, 0.6) is 0 Å². The molecule has 1 heterocycles. The molecule has 1 aromatic rings. The van der Waals surface area contributed by atoms with Crippen LogP contribution in [0.2, 0.25) is 0 Å². The molecule has 9 heteroatoms. The number of alkyl halides is 4. The van der Waals surface area contributed by atoms with Gasteiger partial charge in [-0.25, -0.2) is 9.78 Å². The van der Waals surface area contributed by atoms with Gasteiger partial charge < -0.3 is 0 Å². The molecule has 2 N–H and O–H groups in total. The zero-order valence-electron chi connectivity index (χ0n) is 8.71. The lowest BCUT2D eigenvalue weighted by atomic mass is 10.2. The summed E-state index contributed by atoms with van der Waals surface area (Å²) < 4.78 is 37.6. The number of aromatic nitrogens is 1. The van der Waals surface area contributed by atoms with Crippen LogP contribution in [0, 0.1) is 0 Å². The van der Waals surface area contributed by atoms with E-state index in [2.05, 4.69) is 4.98 Å². The Morgan fingerprint density at radius 2 is 2.06 bits per heavy atom. The average molecular weight is 282 g/mol. The number of halogens is 4. The number of anilines is 1. The Morgan fingerprint density at radius 1 is 1.39 bits per heavy atom. The Kier molecular flexibility index (Phi) is 4.49. The summed E-state index contributed by atoms with van der Waals surface area (Å²) >= 11 is 5.12. The molecular weight excluding hydrogens is 275 g/mol. The summed E-state index contributed by atoms with van der Waals surface area (Å²) in [7, 11) is 0. The Bertz CT molecular complexity index is 465. The fraction of sp³-hybridized carbons (Fsp3) is 0.222. The van der Waals surface area contributed by atoms with E-state index in [9.17, 15) is 22.8 Å². The highest BCUT2D eigenvalue weighted by atomic mass is 35.5. The van der Waals surface area contributed by atoms with Crippen molar-refractivity contribution in [3.63, 3.8) is 0 Å². The first-order chi connectivity index (χ1) is 8.34. The fourth-order valence-electron chi connectivity index (χ4n) is 1.03. The fourth-order valence-corrected chi connectivity index (χ4v) is 1.10. The number of pyridine rings is 1. The van der Waals surface area contributed by atoms with Crippen LogP contribution >= 0.6 is 11.6 Å². The maximum Gasteiger partial charge on any atom is 0.419 e. The number of nitrogens with zero attached hydrogens (tertiary/aromatic N) is 1. The van der Waals surface area contributed by atoms with E-state index in [1.807, 2.05) is 5.32 Å². The third kappa shape index (κ3) is 3.88. The van der Waals surface area contributed by atoms with Gasteiger partial charge in [-0.1, -0.05) is 0 Å². The normalized spacial score (nSPS) is 10.9. The predicted molar refractivity (Wildman–Crippen MR) is 57.1 cm³/mol. The van der Waals surface area contributed by atoms with Crippen LogP contribution in [0.4, 0.5) is 23.8 Å². The van der Waals surface area contributed by atoms with Gasteiger partial charge in [0.2, 0.25) is 5.91 Å². The molecule has 3 amide bonds. The largest absolute Gasteiger partial charge is 0.419 e. The summed E-state index contributed by atoms with van der Waals surface area (Å²) in [5, 5.41) is 3.55. The number of nitrogens with one attached hydrogen (secondary N) is 2. The highest BCUT2D eigenvalue weighted by Gasteiger charge is 2.34. The molecule has 0 bridgehead atoms. The number of carbonyl (C=O) groups excluding carboxylic acids is 2. The maximum atomic E-state index is 12.5. The molecule has 0 aliphatic rings. The Balaban J connectivity index is 2.85. The van der Waals surface area contributed by atoms with E-state index in [1.165, 1.54) is 0 Å². The van der Waals surface area contributed by atoms with Crippen LogP contribution in [0.15, 0.2) is 18.3 Å². The van der Waals surface area contributed by atoms with Gasteiger partial charge in [0.25, 0.3) is 0 Å². The maximum absolute atomic E-state index is 12.5. The summed E-state index contributed by atoms with van der Waals surface area (Å²) in [5.41, 5.74) is -1.11. The number of urea groups is 1. The number of amides is 3. The first kappa shape index (κ1) is 14.2. The zero-order valence-corrected chi connectivity index (χ0v) is 9.47. The van der Waals surface area contributed by atoms with Crippen molar-refractivity contribution in [2.45, 2.75) is 6.18 Å². The van der Waals surface area contributed by atoms with Gasteiger partial charge in [0.1, 0.15) is 11.7 Å². The van der Waals surface area contributed by atoms with E-state index >= 15 is 0 Å². The van der Waals surface area contributed by atoms with Crippen LogP contribution < -0.4 is 10.6 Å². The van der Waals surface area contributed by atoms with Crippen molar-refractivity contribution < 1.29 is 22.8 Å². The van der Waals surface area contributed by atoms with Crippen LogP contribution in [-0.4, -0.2) is 22.8 Å². The summed E-state index contributed by atoms with van der Waals surface area (Å²) in [5.74, 6) is -2.01. The molecule has 0 unspecified atom stereocenters. The quantitative estimate of drug-likeness (QED) is 0.814. The molecule has 5 nitrogen and oxygen atoms in total. The van der Waals surface area contributed by atoms with Gasteiger partial charge in [-0.05, 0) is 12.1 Å². The van der Waals surface area contributed by atoms with Gasteiger partial charge >= 0.3 is 12.2 Å². The molecule has 0 aromatic carbocycles. The molecule has 0 radical (unpaired) electrons. The topological polar surface area (TPSA) is 71.1 Å². The zero-order chi connectivity index (χ0) is 13.8. The number of carbonyl (C=O) groups is 2. The lowest BCUT2D eigenvalue weighted by Gasteiger charge is -2.12. The van der Waals surface area contributed by atoms with E-state index in [4.69, 9.17) is 11.6 Å². The molecule has 0 atom stereocenters. The standard InChI is InChI=1S/C9H7ClF3N3O2/c10-4-6(17)15-8(18)16-7-5(9(11,12)13)2-1-3-14-7/h1-3H,4H2,(H2,14,15,16,17,18). The smallest absolute Gasteiger partial charge is 0.291 e. The number of rotatable bonds is 2. The summed E-state index contributed by atoms with van der Waals surface area (Å²) in [6.45, 7) is 0. The van der Waals surface area contributed by atoms with Crippen molar-refractivity contribution in [2.24, 2.45) is 0 Å². The lowest BCUT2D eigenvalue weighted by molar-refractivity contribution is -0.137. The molecule has 0 spiro atoms.